The molecular weight excluding hydrogens is 508 g/mol. The molecule has 0 bridgehead atoms. The first-order chi connectivity index (χ1) is 18.1. The van der Waals surface area contributed by atoms with Crippen LogP contribution in [0.25, 0.3) is 11.1 Å². The minimum absolute atomic E-state index is 0.000924. The Kier molecular flexibility index (Phi) is 7.79. The molecule has 0 fully saturated rings. The molecule has 0 spiro atoms. The highest BCUT2D eigenvalue weighted by Gasteiger charge is 2.24. The molecule has 0 saturated heterocycles. The van der Waals surface area contributed by atoms with Crippen LogP contribution in [0, 0.1) is 5.41 Å². The van der Waals surface area contributed by atoms with E-state index in [1.807, 2.05) is 13.0 Å². The second-order valence-corrected chi connectivity index (χ2v) is 10.1. The van der Waals surface area contributed by atoms with Crippen LogP contribution in [-0.2, 0) is 23.0 Å². The Morgan fingerprint density at radius 1 is 1.11 bits per heavy atom. The highest BCUT2D eigenvalue weighted by atomic mass is 32.2. The van der Waals surface area contributed by atoms with Crippen LogP contribution in [0.4, 0.5) is 4.79 Å². The molecule has 4 aromatic rings. The van der Waals surface area contributed by atoms with Crippen molar-refractivity contribution in [1.29, 1.82) is 5.41 Å². The summed E-state index contributed by atoms with van der Waals surface area (Å²) in [4.78, 5) is 14.8. The number of nitrogens with one attached hydrogen (secondary N) is 2. The van der Waals surface area contributed by atoms with Crippen molar-refractivity contribution in [3.63, 3.8) is 0 Å². The van der Waals surface area contributed by atoms with Crippen LogP contribution < -0.4 is 15.6 Å². The molecule has 1 unspecified atom stereocenters. The molecule has 1 aromatic heterocycles. The van der Waals surface area contributed by atoms with Gasteiger partial charge in [-0.15, -0.1) is 10.2 Å². The summed E-state index contributed by atoms with van der Waals surface area (Å²) in [5.74, 6) is 0.622. The van der Waals surface area contributed by atoms with Gasteiger partial charge in [0.25, 0.3) is 0 Å². The maximum atomic E-state index is 13.3. The summed E-state index contributed by atoms with van der Waals surface area (Å²) in [5.41, 5.74) is 7.95. The molecule has 0 radical (unpaired) electrons. The van der Waals surface area contributed by atoms with Crippen molar-refractivity contribution in [2.75, 3.05) is 0 Å². The number of amidine groups is 1. The summed E-state index contributed by atoms with van der Waals surface area (Å²) in [6.45, 7) is 2.01. The number of nitrogens with two attached hydrogens (primary N) is 2. The van der Waals surface area contributed by atoms with Gasteiger partial charge in [-0.3, -0.25) is 5.41 Å². The van der Waals surface area contributed by atoms with E-state index in [0.717, 1.165) is 5.56 Å². The third-order valence-corrected chi connectivity index (χ3v) is 6.76. The van der Waals surface area contributed by atoms with Crippen LogP contribution in [0.1, 0.15) is 23.9 Å². The van der Waals surface area contributed by atoms with Gasteiger partial charge in [-0.25, -0.2) is 18.4 Å². The highest BCUT2D eigenvalue weighted by molar-refractivity contribution is 7.89. The number of nitrogen functional groups attached to an aromatic ring is 1. The number of tetrazole rings is 1. The van der Waals surface area contributed by atoms with Crippen molar-refractivity contribution in [3.8, 4) is 16.9 Å². The predicted molar refractivity (Wildman–Crippen MR) is 140 cm³/mol. The number of carbonyl (C=O) groups excluding carboxylic acids is 1. The van der Waals surface area contributed by atoms with E-state index in [1.165, 1.54) is 11.0 Å². The summed E-state index contributed by atoms with van der Waals surface area (Å²) in [6.07, 6.45) is -0.298. The third kappa shape index (κ3) is 6.38. The number of benzene rings is 3. The highest BCUT2D eigenvalue weighted by Crippen LogP contribution is 2.28. The summed E-state index contributed by atoms with van der Waals surface area (Å²) in [7, 11) is -3.92. The van der Waals surface area contributed by atoms with E-state index in [1.54, 1.807) is 60.7 Å². The average Bonchev–Trinajstić information content (AvgIpc) is 3.40. The van der Waals surface area contributed by atoms with Crippen molar-refractivity contribution in [2.24, 2.45) is 10.9 Å². The largest absolute Gasteiger partial charge is 0.415 e. The van der Waals surface area contributed by atoms with Gasteiger partial charge in [0, 0.05) is 30.1 Å². The number of aromatic amines is 1. The summed E-state index contributed by atoms with van der Waals surface area (Å²) in [5, 5.41) is 26.9. The fourth-order valence-electron chi connectivity index (χ4n) is 3.89. The Bertz CT molecular complexity index is 1540. The van der Waals surface area contributed by atoms with Crippen molar-refractivity contribution in [1.82, 2.24) is 25.5 Å². The smallest absolute Gasteiger partial charge is 0.410 e. The maximum Gasteiger partial charge on any atom is 0.415 e. The summed E-state index contributed by atoms with van der Waals surface area (Å²) < 4.78 is 29.6. The lowest BCUT2D eigenvalue weighted by atomic mass is 10.1. The molecule has 1 atom stereocenters. The SMILES string of the molecule is CC(Cc1nn[nH]n1)N(Cc1cccc(C(=N)N)c1)C(=O)Oc1ccc(-c2ccccc2S(N)(=O)=O)cc1. The van der Waals surface area contributed by atoms with Gasteiger partial charge >= 0.3 is 6.09 Å². The summed E-state index contributed by atoms with van der Waals surface area (Å²) >= 11 is 0. The normalized spacial score (nSPS) is 12.1. The van der Waals surface area contributed by atoms with Gasteiger partial charge in [0.1, 0.15) is 11.6 Å². The Labute approximate surface area is 219 Å². The number of sulfonamides is 1. The molecular formula is C25H26N8O4S. The van der Waals surface area contributed by atoms with Gasteiger partial charge in [-0.05, 0) is 42.3 Å². The van der Waals surface area contributed by atoms with Crippen LogP contribution in [0.3, 0.4) is 0 Å². The van der Waals surface area contributed by atoms with Gasteiger partial charge in [0.15, 0.2) is 5.82 Å². The zero-order valence-electron chi connectivity index (χ0n) is 20.4. The van der Waals surface area contributed by atoms with Crippen LogP contribution in [-0.4, -0.2) is 51.9 Å². The number of primary sulfonamides is 1. The number of rotatable bonds is 9. The zero-order valence-corrected chi connectivity index (χ0v) is 21.2. The lowest BCUT2D eigenvalue weighted by Crippen LogP contribution is -2.41. The van der Waals surface area contributed by atoms with E-state index in [9.17, 15) is 13.2 Å². The van der Waals surface area contributed by atoms with E-state index in [-0.39, 0.29) is 29.1 Å². The van der Waals surface area contributed by atoms with Gasteiger partial charge in [0.2, 0.25) is 10.0 Å². The maximum absolute atomic E-state index is 13.3. The second kappa shape index (κ2) is 11.2. The molecule has 6 N–H and O–H groups in total. The molecule has 4 rings (SSSR count). The molecule has 0 saturated carbocycles. The van der Waals surface area contributed by atoms with Gasteiger partial charge < -0.3 is 15.4 Å². The van der Waals surface area contributed by atoms with E-state index < -0.39 is 16.1 Å². The second-order valence-electron chi connectivity index (χ2n) is 8.56. The summed E-state index contributed by atoms with van der Waals surface area (Å²) in [6, 6.07) is 19.5. The van der Waals surface area contributed by atoms with Crippen LogP contribution in [0.2, 0.25) is 0 Å². The fraction of sp³-hybridized carbons (Fsp3) is 0.160. The fourth-order valence-corrected chi connectivity index (χ4v) is 4.65. The lowest BCUT2D eigenvalue weighted by Gasteiger charge is -2.28. The van der Waals surface area contributed by atoms with Crippen LogP contribution in [0.5, 0.6) is 5.75 Å². The Hall–Kier alpha value is -4.62. The number of hydrogen-bond donors (Lipinski definition) is 4. The molecule has 12 nitrogen and oxygen atoms in total. The number of hydrogen-bond acceptors (Lipinski definition) is 8. The Balaban J connectivity index is 1.56. The lowest BCUT2D eigenvalue weighted by molar-refractivity contribution is 0.130. The quantitative estimate of drug-likeness (QED) is 0.186. The molecule has 1 amide bonds. The average molecular weight is 535 g/mol. The van der Waals surface area contributed by atoms with Crippen molar-refractivity contribution in [2.45, 2.75) is 30.8 Å². The molecule has 13 heteroatoms. The van der Waals surface area contributed by atoms with Crippen molar-refractivity contribution < 1.29 is 17.9 Å². The zero-order chi connectivity index (χ0) is 27.3. The van der Waals surface area contributed by atoms with E-state index in [4.69, 9.17) is 21.0 Å². The topological polar surface area (TPSA) is 194 Å². The van der Waals surface area contributed by atoms with E-state index in [2.05, 4.69) is 20.6 Å². The molecule has 38 heavy (non-hydrogen) atoms. The van der Waals surface area contributed by atoms with Crippen LogP contribution in [0.15, 0.2) is 77.7 Å². The Morgan fingerprint density at radius 3 is 2.50 bits per heavy atom. The molecule has 0 aliphatic rings. The van der Waals surface area contributed by atoms with Crippen molar-refractivity contribution in [3.05, 3.63) is 89.7 Å². The first-order valence-corrected chi connectivity index (χ1v) is 13.0. The van der Waals surface area contributed by atoms with Crippen LogP contribution >= 0.6 is 0 Å². The number of carbonyl (C=O) groups is 1. The number of nitrogens with zero attached hydrogens (tertiary/aromatic N) is 4. The molecule has 196 valence electrons. The number of amides is 1. The number of aromatic nitrogens is 4. The minimum atomic E-state index is -3.92. The van der Waals surface area contributed by atoms with E-state index >= 15 is 0 Å². The standard InChI is InChI=1S/C25H26N8O4S/c1-16(13-23-29-31-32-30-23)33(15-17-5-4-6-19(14-17)24(26)27)25(34)37-20-11-9-18(10-12-20)21-7-2-3-8-22(21)38(28,35)36/h2-12,14,16H,13,15H2,1H3,(H3,26,27)(H2,28,35,36)(H,29,30,31,32). The molecule has 0 aliphatic heterocycles. The predicted octanol–water partition coefficient (Wildman–Crippen LogP) is 2.43. The monoisotopic (exact) mass is 534 g/mol. The minimum Gasteiger partial charge on any atom is -0.410 e. The molecule has 1 heterocycles. The van der Waals surface area contributed by atoms with Gasteiger partial charge in [0.05, 0.1) is 4.90 Å². The van der Waals surface area contributed by atoms with Crippen molar-refractivity contribution >= 4 is 22.0 Å². The first-order valence-electron chi connectivity index (χ1n) is 11.5. The first kappa shape index (κ1) is 26.4. The third-order valence-electron chi connectivity index (χ3n) is 5.79. The number of ether oxygens (including phenoxy) is 1. The molecule has 3 aromatic carbocycles. The molecule has 0 aliphatic carbocycles. The van der Waals surface area contributed by atoms with Gasteiger partial charge in [-0.2, -0.15) is 5.21 Å². The number of H-pyrrole nitrogens is 1. The van der Waals surface area contributed by atoms with E-state index in [0.29, 0.717) is 28.9 Å². The van der Waals surface area contributed by atoms with Gasteiger partial charge in [-0.1, -0.05) is 53.7 Å². The Morgan fingerprint density at radius 2 is 1.84 bits per heavy atom.